The largest absolute Gasteiger partial charge is 0.264 e. The first-order chi connectivity index (χ1) is 23.8. The lowest BCUT2D eigenvalue weighted by atomic mass is 9.78. The van der Waals surface area contributed by atoms with Crippen molar-refractivity contribution in [2.45, 2.75) is 0 Å². The Kier molecular flexibility index (Phi) is 5.94. The summed E-state index contributed by atoms with van der Waals surface area (Å²) in [5.74, 6) is 0. The predicted octanol–water partition coefficient (Wildman–Crippen LogP) is 12.9. The van der Waals surface area contributed by atoms with Gasteiger partial charge in [-0.3, -0.25) is 4.98 Å². The summed E-state index contributed by atoms with van der Waals surface area (Å²) in [6, 6.07) is 60.2. The maximum absolute atomic E-state index is 4.49. The number of fused-ring (bicyclic) bond motifs is 14. The Balaban J connectivity index is 1.20. The van der Waals surface area contributed by atoms with Gasteiger partial charge in [0.05, 0.1) is 0 Å². The molecule has 0 amide bonds. The minimum Gasteiger partial charge on any atom is -0.264 e. The van der Waals surface area contributed by atoms with E-state index in [0.717, 1.165) is 0 Å². The Bertz CT molecular complexity index is 2690. The summed E-state index contributed by atoms with van der Waals surface area (Å²) in [5.41, 5.74) is 15.0. The molecule has 1 aromatic heterocycles. The van der Waals surface area contributed by atoms with Gasteiger partial charge in [-0.25, -0.2) is 0 Å². The highest BCUT2D eigenvalue weighted by atomic mass is 14.6. The van der Waals surface area contributed by atoms with Crippen LogP contribution in [0.3, 0.4) is 0 Å². The molecule has 10 rings (SSSR count). The Morgan fingerprint density at radius 3 is 1.48 bits per heavy atom. The number of benzene rings is 8. The SMILES string of the molecule is c1cc(-c2ccc3c4ccccc4c4cnccc4c3c2)cc(-c2cccc3c2-c2ccccc2-c2ccccc2-c2ccccc2-3)c1. The van der Waals surface area contributed by atoms with Gasteiger partial charge >= 0.3 is 0 Å². The minimum absolute atomic E-state index is 1.19. The maximum atomic E-state index is 4.49. The van der Waals surface area contributed by atoms with Crippen LogP contribution in [-0.4, -0.2) is 4.98 Å². The van der Waals surface area contributed by atoms with E-state index in [-0.39, 0.29) is 0 Å². The first-order valence-corrected chi connectivity index (χ1v) is 16.5. The minimum atomic E-state index is 1.19. The van der Waals surface area contributed by atoms with Gasteiger partial charge in [-0.15, -0.1) is 0 Å². The zero-order valence-electron chi connectivity index (χ0n) is 26.2. The molecule has 1 aliphatic carbocycles. The molecule has 0 bridgehead atoms. The number of aromatic nitrogens is 1. The van der Waals surface area contributed by atoms with Crippen molar-refractivity contribution in [3.05, 3.63) is 176 Å². The fourth-order valence-electron chi connectivity index (χ4n) is 7.99. The Labute approximate surface area is 279 Å². The van der Waals surface area contributed by atoms with Gasteiger partial charge in [-0.1, -0.05) is 146 Å². The molecule has 0 radical (unpaired) electrons. The zero-order chi connectivity index (χ0) is 31.6. The lowest BCUT2D eigenvalue weighted by Crippen LogP contribution is -1.98. The summed E-state index contributed by atoms with van der Waals surface area (Å²) in [5, 5.41) is 7.45. The van der Waals surface area contributed by atoms with Crippen LogP contribution in [0.15, 0.2) is 176 Å². The molecule has 9 aromatic rings. The van der Waals surface area contributed by atoms with E-state index >= 15 is 0 Å². The van der Waals surface area contributed by atoms with Crippen LogP contribution in [0.25, 0.3) is 99.1 Å². The van der Waals surface area contributed by atoms with Crippen LogP contribution in [-0.2, 0) is 0 Å². The van der Waals surface area contributed by atoms with Gasteiger partial charge in [0.2, 0.25) is 0 Å². The monoisotopic (exact) mass is 607 g/mol. The summed E-state index contributed by atoms with van der Waals surface area (Å²) in [6.45, 7) is 0. The van der Waals surface area contributed by atoms with Crippen molar-refractivity contribution in [3.8, 4) is 66.8 Å². The molecule has 0 saturated heterocycles. The van der Waals surface area contributed by atoms with Gasteiger partial charge in [0.15, 0.2) is 0 Å². The molecular weight excluding hydrogens is 579 g/mol. The Hall–Kier alpha value is -6.31. The molecular formula is C47H29N. The van der Waals surface area contributed by atoms with Gasteiger partial charge in [0.25, 0.3) is 0 Å². The summed E-state index contributed by atoms with van der Waals surface area (Å²) in [7, 11) is 0. The zero-order valence-corrected chi connectivity index (χ0v) is 26.2. The molecule has 1 aliphatic rings. The average molecular weight is 608 g/mol. The third-order valence-electron chi connectivity index (χ3n) is 10.1. The molecule has 0 unspecified atom stereocenters. The second kappa shape index (κ2) is 10.6. The molecule has 0 spiro atoms. The van der Waals surface area contributed by atoms with Crippen molar-refractivity contribution in [1.82, 2.24) is 4.98 Å². The van der Waals surface area contributed by atoms with Crippen LogP contribution in [0, 0.1) is 0 Å². The van der Waals surface area contributed by atoms with Crippen LogP contribution in [0.2, 0.25) is 0 Å². The lowest BCUT2D eigenvalue weighted by Gasteiger charge is -2.25. The molecule has 1 nitrogen and oxygen atoms in total. The van der Waals surface area contributed by atoms with E-state index in [1.807, 2.05) is 12.4 Å². The fraction of sp³-hybridized carbons (Fsp3) is 0. The molecule has 0 atom stereocenters. The van der Waals surface area contributed by atoms with Crippen molar-refractivity contribution in [2.75, 3.05) is 0 Å². The van der Waals surface area contributed by atoms with Crippen molar-refractivity contribution < 1.29 is 0 Å². The van der Waals surface area contributed by atoms with Crippen molar-refractivity contribution in [2.24, 2.45) is 0 Å². The van der Waals surface area contributed by atoms with E-state index in [0.29, 0.717) is 0 Å². The smallest absolute Gasteiger partial charge is 0.0352 e. The third-order valence-corrected chi connectivity index (χ3v) is 10.1. The Morgan fingerprint density at radius 2 is 0.750 bits per heavy atom. The number of rotatable bonds is 2. The van der Waals surface area contributed by atoms with Crippen molar-refractivity contribution in [1.29, 1.82) is 0 Å². The molecule has 1 heteroatoms. The van der Waals surface area contributed by atoms with E-state index in [4.69, 9.17) is 0 Å². The Morgan fingerprint density at radius 1 is 0.271 bits per heavy atom. The van der Waals surface area contributed by atoms with Crippen LogP contribution in [0.1, 0.15) is 0 Å². The van der Waals surface area contributed by atoms with Crippen molar-refractivity contribution >= 4 is 32.3 Å². The maximum Gasteiger partial charge on any atom is 0.0352 e. The molecule has 0 fully saturated rings. The molecule has 48 heavy (non-hydrogen) atoms. The second-order valence-corrected chi connectivity index (χ2v) is 12.7. The highest BCUT2D eigenvalue weighted by molar-refractivity contribution is 6.25. The van der Waals surface area contributed by atoms with Crippen molar-refractivity contribution in [3.63, 3.8) is 0 Å². The highest BCUT2D eigenvalue weighted by Crippen LogP contribution is 2.50. The van der Waals surface area contributed by atoms with E-state index in [2.05, 4.69) is 169 Å². The van der Waals surface area contributed by atoms with Crippen LogP contribution >= 0.6 is 0 Å². The molecule has 222 valence electrons. The summed E-state index contributed by atoms with van der Waals surface area (Å²) in [6.07, 6.45) is 3.91. The van der Waals surface area contributed by atoms with Gasteiger partial charge in [-0.05, 0) is 112 Å². The second-order valence-electron chi connectivity index (χ2n) is 12.7. The van der Waals surface area contributed by atoms with E-state index in [1.54, 1.807) is 0 Å². The molecule has 0 N–H and O–H groups in total. The average Bonchev–Trinajstić information content (AvgIpc) is 3.17. The van der Waals surface area contributed by atoms with E-state index in [9.17, 15) is 0 Å². The van der Waals surface area contributed by atoms with Gasteiger partial charge in [-0.2, -0.15) is 0 Å². The third kappa shape index (κ3) is 4.01. The number of hydrogen-bond acceptors (Lipinski definition) is 1. The molecule has 1 heterocycles. The number of pyridine rings is 1. The summed E-state index contributed by atoms with van der Waals surface area (Å²) >= 11 is 0. The summed E-state index contributed by atoms with van der Waals surface area (Å²) < 4.78 is 0. The predicted molar refractivity (Wildman–Crippen MR) is 203 cm³/mol. The first-order valence-electron chi connectivity index (χ1n) is 16.5. The standard InChI is InChI=1S/C47H29N/c1-2-14-35-34(13-1)36-15-3-5-17-39(36)44-22-10-21-33(47(44)43-20-8-7-18-38(35)43)32-12-9-11-30(27-32)31-23-24-41-37-16-4-6-19-40(37)46-29-48-26-25-42(46)45(41)28-31/h1-29H. The molecule has 8 aromatic carbocycles. The fourth-order valence-corrected chi connectivity index (χ4v) is 7.99. The molecule has 0 saturated carbocycles. The van der Waals surface area contributed by atoms with E-state index in [1.165, 1.54) is 99.1 Å². The number of nitrogens with zero attached hydrogens (tertiary/aromatic N) is 1. The number of hydrogen-bond donors (Lipinski definition) is 0. The first kappa shape index (κ1) is 26.9. The van der Waals surface area contributed by atoms with Crippen LogP contribution in [0.5, 0.6) is 0 Å². The van der Waals surface area contributed by atoms with Crippen LogP contribution < -0.4 is 0 Å². The summed E-state index contributed by atoms with van der Waals surface area (Å²) in [4.78, 5) is 4.49. The van der Waals surface area contributed by atoms with Gasteiger partial charge in [0.1, 0.15) is 0 Å². The lowest BCUT2D eigenvalue weighted by molar-refractivity contribution is 1.37. The topological polar surface area (TPSA) is 12.9 Å². The van der Waals surface area contributed by atoms with Gasteiger partial charge < -0.3 is 0 Å². The normalized spacial score (nSPS) is 11.8. The van der Waals surface area contributed by atoms with E-state index < -0.39 is 0 Å². The van der Waals surface area contributed by atoms with Crippen LogP contribution in [0.4, 0.5) is 0 Å². The highest BCUT2D eigenvalue weighted by Gasteiger charge is 2.24. The molecule has 0 aliphatic heterocycles. The quantitative estimate of drug-likeness (QED) is 0.178. The van der Waals surface area contributed by atoms with Gasteiger partial charge in [0, 0.05) is 17.8 Å².